The van der Waals surface area contributed by atoms with E-state index in [4.69, 9.17) is 0 Å². The van der Waals surface area contributed by atoms with Gasteiger partial charge in [0.1, 0.15) is 17.3 Å². The first kappa shape index (κ1) is 17.2. The first-order chi connectivity index (χ1) is 11.8. The summed E-state index contributed by atoms with van der Waals surface area (Å²) in [7, 11) is 0. The number of benzene rings is 2. The first-order valence-electron chi connectivity index (χ1n) is 8.08. The number of phenols is 2. The van der Waals surface area contributed by atoms with E-state index in [0.717, 1.165) is 11.1 Å². The molecule has 0 aliphatic carbocycles. The molecule has 25 heavy (non-hydrogen) atoms. The Bertz CT molecular complexity index is 848. The maximum absolute atomic E-state index is 13.4. The number of hydrogen-bond acceptors (Lipinski definition) is 4. The number of amides is 1. The van der Waals surface area contributed by atoms with E-state index in [2.05, 4.69) is 0 Å². The van der Waals surface area contributed by atoms with Gasteiger partial charge in [-0.15, -0.1) is 0 Å². The van der Waals surface area contributed by atoms with Gasteiger partial charge in [-0.3, -0.25) is 4.79 Å². The van der Waals surface area contributed by atoms with Gasteiger partial charge in [-0.25, -0.2) is 4.39 Å². The van der Waals surface area contributed by atoms with E-state index in [1.807, 2.05) is 13.8 Å². The van der Waals surface area contributed by atoms with Gasteiger partial charge in [0, 0.05) is 13.1 Å². The van der Waals surface area contributed by atoms with Crippen LogP contribution in [0.3, 0.4) is 0 Å². The summed E-state index contributed by atoms with van der Waals surface area (Å²) in [6.45, 7) is 3.67. The van der Waals surface area contributed by atoms with Crippen LogP contribution in [0.4, 0.5) is 4.39 Å². The molecule has 5 nitrogen and oxygen atoms in total. The Kier molecular flexibility index (Phi) is 4.39. The molecule has 0 aromatic heterocycles. The van der Waals surface area contributed by atoms with Crippen LogP contribution >= 0.6 is 0 Å². The molecular formula is C19H20FNO4. The van der Waals surface area contributed by atoms with Crippen LogP contribution in [0.5, 0.6) is 11.5 Å². The summed E-state index contributed by atoms with van der Waals surface area (Å²) in [5.74, 6) is -1.49. The molecule has 132 valence electrons. The summed E-state index contributed by atoms with van der Waals surface area (Å²) >= 11 is 0. The summed E-state index contributed by atoms with van der Waals surface area (Å²) in [5.41, 5.74) is 2.04. The minimum Gasteiger partial charge on any atom is -0.507 e. The Morgan fingerprint density at radius 3 is 2.48 bits per heavy atom. The molecule has 1 aliphatic rings. The summed E-state index contributed by atoms with van der Waals surface area (Å²) in [6, 6.07) is 5.86. The normalized spacial score (nSPS) is 13.4. The zero-order chi connectivity index (χ0) is 18.3. The topological polar surface area (TPSA) is 81.0 Å². The number of hydrogen-bond donors (Lipinski definition) is 3. The van der Waals surface area contributed by atoms with Gasteiger partial charge < -0.3 is 20.2 Å². The highest BCUT2D eigenvalue weighted by Crippen LogP contribution is 2.39. The molecule has 3 rings (SSSR count). The number of rotatable bonds is 3. The molecule has 1 heterocycles. The number of aliphatic hydroxyl groups is 1. The number of carbonyl (C=O) groups excluding carboxylic acids is 1. The Morgan fingerprint density at radius 1 is 1.16 bits per heavy atom. The van der Waals surface area contributed by atoms with Crippen LogP contribution in [-0.2, 0) is 19.7 Å². The van der Waals surface area contributed by atoms with Crippen LogP contribution < -0.4 is 0 Å². The van der Waals surface area contributed by atoms with Crippen molar-refractivity contribution in [1.82, 2.24) is 4.90 Å². The molecule has 0 saturated heterocycles. The lowest BCUT2D eigenvalue weighted by atomic mass is 9.94. The largest absolute Gasteiger partial charge is 0.507 e. The van der Waals surface area contributed by atoms with E-state index in [9.17, 15) is 24.5 Å². The van der Waals surface area contributed by atoms with Crippen molar-refractivity contribution in [3.8, 4) is 11.5 Å². The fourth-order valence-electron chi connectivity index (χ4n) is 3.17. The highest BCUT2D eigenvalue weighted by atomic mass is 19.1. The van der Waals surface area contributed by atoms with Gasteiger partial charge in [0.25, 0.3) is 5.91 Å². The van der Waals surface area contributed by atoms with Gasteiger partial charge >= 0.3 is 0 Å². The molecule has 0 fully saturated rings. The molecule has 0 bridgehead atoms. The summed E-state index contributed by atoms with van der Waals surface area (Å²) in [4.78, 5) is 14.4. The number of aliphatic hydroxyl groups excluding tert-OH is 1. The fourth-order valence-corrected chi connectivity index (χ4v) is 3.17. The van der Waals surface area contributed by atoms with Crippen molar-refractivity contribution in [1.29, 1.82) is 0 Å². The molecule has 1 aliphatic heterocycles. The van der Waals surface area contributed by atoms with Gasteiger partial charge in [-0.2, -0.15) is 0 Å². The van der Waals surface area contributed by atoms with Crippen molar-refractivity contribution in [2.75, 3.05) is 0 Å². The Labute approximate surface area is 145 Å². The molecule has 3 N–H and O–H groups in total. The number of nitrogens with zero attached hydrogens (tertiary/aromatic N) is 1. The molecule has 0 spiro atoms. The van der Waals surface area contributed by atoms with E-state index >= 15 is 0 Å². The van der Waals surface area contributed by atoms with Gasteiger partial charge in [0.15, 0.2) is 0 Å². The summed E-state index contributed by atoms with van der Waals surface area (Å²) in [5, 5.41) is 30.0. The van der Waals surface area contributed by atoms with Crippen molar-refractivity contribution < 1.29 is 24.5 Å². The van der Waals surface area contributed by atoms with Gasteiger partial charge in [-0.1, -0.05) is 19.9 Å². The van der Waals surface area contributed by atoms with Crippen molar-refractivity contribution in [3.05, 3.63) is 57.9 Å². The molecule has 0 radical (unpaired) electrons. The van der Waals surface area contributed by atoms with E-state index in [1.165, 1.54) is 23.1 Å². The number of carbonyl (C=O) groups is 1. The molecule has 0 atom stereocenters. The predicted octanol–water partition coefficient (Wildman–Crippen LogP) is 3.01. The lowest BCUT2D eigenvalue weighted by molar-refractivity contribution is 0.0747. The summed E-state index contributed by atoms with van der Waals surface area (Å²) in [6.07, 6.45) is 0. The standard InChI is InChI=1S/C19H20FNO4/c1-10(2)14-6-15(18(24)16(9-22)17(14)23)19(25)21-7-11-3-4-13(20)5-12(11)8-21/h3-6,10,22-24H,7-9H2,1-2H3. The van der Waals surface area contributed by atoms with Crippen LogP contribution in [0.2, 0.25) is 0 Å². The second-order valence-electron chi connectivity index (χ2n) is 6.58. The zero-order valence-corrected chi connectivity index (χ0v) is 14.1. The minimum absolute atomic E-state index is 0.0267. The quantitative estimate of drug-likeness (QED) is 0.799. The Hall–Kier alpha value is -2.60. The van der Waals surface area contributed by atoms with Crippen molar-refractivity contribution >= 4 is 5.91 Å². The minimum atomic E-state index is -0.579. The van der Waals surface area contributed by atoms with Gasteiger partial charge in [0.05, 0.1) is 17.7 Å². The monoisotopic (exact) mass is 345 g/mol. The molecule has 6 heteroatoms. The molecule has 2 aromatic rings. The molecule has 2 aromatic carbocycles. The van der Waals surface area contributed by atoms with Gasteiger partial charge in [0.2, 0.25) is 0 Å². The Morgan fingerprint density at radius 2 is 1.84 bits per heavy atom. The van der Waals surface area contributed by atoms with E-state index in [1.54, 1.807) is 6.07 Å². The van der Waals surface area contributed by atoms with Crippen LogP contribution in [0.1, 0.15) is 52.4 Å². The Balaban J connectivity index is 1.99. The molecule has 1 amide bonds. The predicted molar refractivity (Wildman–Crippen MR) is 89.8 cm³/mol. The lowest BCUT2D eigenvalue weighted by Crippen LogP contribution is -2.25. The lowest BCUT2D eigenvalue weighted by Gasteiger charge is -2.20. The maximum Gasteiger partial charge on any atom is 0.258 e. The summed E-state index contributed by atoms with van der Waals surface area (Å²) < 4.78 is 13.4. The van der Waals surface area contributed by atoms with Crippen molar-refractivity contribution in [2.45, 2.75) is 39.5 Å². The molecule has 0 unspecified atom stereocenters. The second-order valence-corrected chi connectivity index (χ2v) is 6.58. The van der Waals surface area contributed by atoms with Crippen molar-refractivity contribution in [3.63, 3.8) is 0 Å². The number of halogens is 1. The smallest absolute Gasteiger partial charge is 0.258 e. The SMILES string of the molecule is CC(C)c1cc(C(=O)N2Cc3ccc(F)cc3C2)c(O)c(CO)c1O. The van der Waals surface area contributed by atoms with Crippen LogP contribution in [0.15, 0.2) is 24.3 Å². The third kappa shape index (κ3) is 2.93. The maximum atomic E-state index is 13.4. The highest BCUT2D eigenvalue weighted by Gasteiger charge is 2.29. The fraction of sp³-hybridized carbons (Fsp3) is 0.316. The van der Waals surface area contributed by atoms with Crippen LogP contribution in [0, 0.1) is 5.82 Å². The molecule has 0 saturated carbocycles. The number of aromatic hydroxyl groups is 2. The van der Waals surface area contributed by atoms with Crippen LogP contribution in [0.25, 0.3) is 0 Å². The zero-order valence-electron chi connectivity index (χ0n) is 14.1. The third-order valence-corrected chi connectivity index (χ3v) is 4.59. The van der Waals surface area contributed by atoms with Crippen molar-refractivity contribution in [2.24, 2.45) is 0 Å². The average molecular weight is 345 g/mol. The van der Waals surface area contributed by atoms with Crippen LogP contribution in [-0.4, -0.2) is 26.1 Å². The second kappa shape index (κ2) is 6.37. The van der Waals surface area contributed by atoms with Gasteiger partial charge in [-0.05, 0) is 40.8 Å². The van der Waals surface area contributed by atoms with E-state index in [-0.39, 0.29) is 35.2 Å². The van der Waals surface area contributed by atoms with E-state index in [0.29, 0.717) is 12.1 Å². The number of fused-ring (bicyclic) bond motifs is 1. The average Bonchev–Trinajstić information content (AvgIpc) is 2.97. The molecular weight excluding hydrogens is 325 g/mol. The highest BCUT2D eigenvalue weighted by molar-refractivity contribution is 5.98. The third-order valence-electron chi connectivity index (χ3n) is 4.59. The van der Waals surface area contributed by atoms with E-state index < -0.39 is 18.3 Å². The first-order valence-corrected chi connectivity index (χ1v) is 8.08.